The summed E-state index contributed by atoms with van der Waals surface area (Å²) < 4.78 is 0. The third-order valence-corrected chi connectivity index (χ3v) is 4.79. The normalized spacial score (nSPS) is 15.0. The number of nitrogens with one attached hydrogen (secondary N) is 1. The Labute approximate surface area is 154 Å². The van der Waals surface area contributed by atoms with E-state index in [0.29, 0.717) is 17.2 Å². The maximum Gasteiger partial charge on any atom is 0.272 e. The molecule has 2 aromatic rings. The van der Waals surface area contributed by atoms with Crippen molar-refractivity contribution in [3.63, 3.8) is 0 Å². The fourth-order valence-corrected chi connectivity index (χ4v) is 3.31. The van der Waals surface area contributed by atoms with E-state index in [1.165, 1.54) is 6.20 Å². The zero-order valence-electron chi connectivity index (χ0n) is 15.6. The number of pyridine rings is 1. The number of aromatic nitrogens is 1. The Hall–Kier alpha value is -2.69. The Bertz CT molecular complexity index is 804. The maximum atomic E-state index is 12.7. The van der Waals surface area contributed by atoms with Gasteiger partial charge in [0.1, 0.15) is 5.69 Å². The molecule has 1 aliphatic heterocycles. The summed E-state index contributed by atoms with van der Waals surface area (Å²) >= 11 is 0. The van der Waals surface area contributed by atoms with Crippen molar-refractivity contribution >= 4 is 17.5 Å². The topological polar surface area (TPSA) is 62.3 Å². The zero-order chi connectivity index (χ0) is 18.7. The van der Waals surface area contributed by atoms with Crippen LogP contribution in [-0.4, -0.2) is 34.8 Å². The van der Waals surface area contributed by atoms with Crippen LogP contribution in [0.1, 0.15) is 51.7 Å². The second-order valence-corrected chi connectivity index (χ2v) is 7.23. The van der Waals surface area contributed by atoms with Gasteiger partial charge in [-0.3, -0.25) is 14.6 Å². The van der Waals surface area contributed by atoms with Crippen LogP contribution >= 0.6 is 0 Å². The second-order valence-electron chi connectivity index (χ2n) is 7.23. The molecular formula is C21H25N3O2. The van der Waals surface area contributed by atoms with Crippen LogP contribution in [0.15, 0.2) is 36.5 Å². The molecule has 136 valence electrons. The quantitative estimate of drug-likeness (QED) is 0.914. The highest BCUT2D eigenvalue weighted by atomic mass is 16.2. The van der Waals surface area contributed by atoms with Gasteiger partial charge >= 0.3 is 0 Å². The lowest BCUT2D eigenvalue weighted by atomic mass is 9.99. The van der Waals surface area contributed by atoms with Gasteiger partial charge in [-0.05, 0) is 68.0 Å². The van der Waals surface area contributed by atoms with Gasteiger partial charge in [0.25, 0.3) is 11.8 Å². The number of hydrogen-bond donors (Lipinski definition) is 1. The smallest absolute Gasteiger partial charge is 0.272 e. The maximum absolute atomic E-state index is 12.7. The number of nitrogens with zero attached hydrogens (tertiary/aromatic N) is 2. The first-order chi connectivity index (χ1) is 12.4. The van der Waals surface area contributed by atoms with E-state index in [1.807, 2.05) is 30.9 Å². The molecule has 1 saturated heterocycles. The van der Waals surface area contributed by atoms with Gasteiger partial charge in [0.05, 0.1) is 0 Å². The highest BCUT2D eigenvalue weighted by Gasteiger charge is 2.23. The Balaban J connectivity index is 1.74. The first-order valence-corrected chi connectivity index (χ1v) is 9.07. The highest BCUT2D eigenvalue weighted by Crippen LogP contribution is 2.19. The van der Waals surface area contributed by atoms with Crippen LogP contribution in [0.2, 0.25) is 0 Å². The second kappa shape index (κ2) is 7.68. The third kappa shape index (κ3) is 4.28. The van der Waals surface area contributed by atoms with Crippen LogP contribution in [-0.2, 0) is 0 Å². The molecule has 2 amide bonds. The molecule has 0 saturated carbocycles. The number of likely N-dealkylation sites (tertiary alicyclic amines) is 1. The van der Waals surface area contributed by atoms with Crippen LogP contribution in [0.3, 0.4) is 0 Å². The van der Waals surface area contributed by atoms with Gasteiger partial charge < -0.3 is 10.2 Å². The molecule has 1 N–H and O–H groups in total. The van der Waals surface area contributed by atoms with Crippen LogP contribution in [0.5, 0.6) is 0 Å². The van der Waals surface area contributed by atoms with Crippen LogP contribution < -0.4 is 5.32 Å². The van der Waals surface area contributed by atoms with Crippen LogP contribution in [0.25, 0.3) is 0 Å². The van der Waals surface area contributed by atoms with Crippen molar-refractivity contribution in [1.82, 2.24) is 9.88 Å². The van der Waals surface area contributed by atoms with Crippen molar-refractivity contribution in [2.45, 2.75) is 33.6 Å². The molecule has 1 aliphatic rings. The Morgan fingerprint density at radius 1 is 1.08 bits per heavy atom. The number of benzene rings is 1. The lowest BCUT2D eigenvalue weighted by molar-refractivity contribution is 0.0691. The molecule has 0 unspecified atom stereocenters. The Morgan fingerprint density at radius 2 is 1.73 bits per heavy atom. The number of aryl methyl sites for hydroxylation is 2. The third-order valence-electron chi connectivity index (χ3n) is 4.79. The molecule has 0 bridgehead atoms. The van der Waals surface area contributed by atoms with Gasteiger partial charge in [-0.25, -0.2) is 0 Å². The first-order valence-electron chi connectivity index (χ1n) is 9.07. The van der Waals surface area contributed by atoms with Gasteiger partial charge in [0.15, 0.2) is 0 Å². The number of carbonyl (C=O) groups excluding carboxylic acids is 2. The fourth-order valence-electron chi connectivity index (χ4n) is 3.31. The van der Waals surface area contributed by atoms with E-state index in [4.69, 9.17) is 0 Å². The molecule has 26 heavy (non-hydrogen) atoms. The predicted molar refractivity (Wildman–Crippen MR) is 102 cm³/mol. The molecule has 0 spiro atoms. The molecule has 1 aromatic heterocycles. The number of anilines is 1. The highest BCUT2D eigenvalue weighted by molar-refractivity contribution is 6.05. The summed E-state index contributed by atoms with van der Waals surface area (Å²) in [6.45, 7) is 7.69. The summed E-state index contributed by atoms with van der Waals surface area (Å²) in [4.78, 5) is 31.2. The number of hydrogen-bond acceptors (Lipinski definition) is 3. The SMILES string of the molecule is Cc1cc(C)cc(NC(=O)c2ccnc(C(=O)N3CCC(C)CC3)c2)c1. The number of piperidine rings is 1. The molecule has 0 aliphatic carbocycles. The molecule has 0 radical (unpaired) electrons. The van der Waals surface area contributed by atoms with Crippen LogP contribution in [0.4, 0.5) is 5.69 Å². The van der Waals surface area contributed by atoms with Crippen molar-refractivity contribution in [2.75, 3.05) is 18.4 Å². The predicted octanol–water partition coefficient (Wildman–Crippen LogP) is 3.82. The first kappa shape index (κ1) is 18.1. The summed E-state index contributed by atoms with van der Waals surface area (Å²) in [5.74, 6) is 0.318. The van der Waals surface area contributed by atoms with Gasteiger partial charge in [-0.2, -0.15) is 0 Å². The Morgan fingerprint density at radius 3 is 2.38 bits per heavy atom. The minimum absolute atomic E-state index is 0.0991. The molecule has 1 aromatic carbocycles. The summed E-state index contributed by atoms with van der Waals surface area (Å²) in [7, 11) is 0. The average Bonchev–Trinajstić information content (AvgIpc) is 2.61. The molecule has 0 atom stereocenters. The molecule has 3 rings (SSSR count). The summed E-state index contributed by atoms with van der Waals surface area (Å²) in [5.41, 5.74) is 3.69. The van der Waals surface area contributed by atoms with Crippen LogP contribution in [0, 0.1) is 19.8 Å². The minimum atomic E-state index is -0.237. The molecule has 1 fully saturated rings. The molecular weight excluding hydrogens is 326 g/mol. The van der Waals surface area contributed by atoms with Gasteiger partial charge in [0, 0.05) is 30.5 Å². The monoisotopic (exact) mass is 351 g/mol. The van der Waals surface area contributed by atoms with Crippen molar-refractivity contribution in [2.24, 2.45) is 5.92 Å². The molecule has 2 heterocycles. The fraction of sp³-hybridized carbons (Fsp3) is 0.381. The van der Waals surface area contributed by atoms with Crippen molar-refractivity contribution in [1.29, 1.82) is 0 Å². The van der Waals surface area contributed by atoms with Crippen molar-refractivity contribution < 1.29 is 9.59 Å². The summed E-state index contributed by atoms with van der Waals surface area (Å²) in [6, 6.07) is 9.11. The Kier molecular flexibility index (Phi) is 5.35. The van der Waals surface area contributed by atoms with Crippen molar-refractivity contribution in [3.05, 3.63) is 58.9 Å². The van der Waals surface area contributed by atoms with Gasteiger partial charge in [-0.15, -0.1) is 0 Å². The number of carbonyl (C=O) groups is 2. The van der Waals surface area contributed by atoms with E-state index in [-0.39, 0.29) is 11.8 Å². The standard InChI is InChI=1S/C21H25N3O2/c1-14-5-8-24(9-6-14)21(26)19-13-17(4-7-22-19)20(25)23-18-11-15(2)10-16(3)12-18/h4,7,10-14H,5-6,8-9H2,1-3H3,(H,23,25). The number of amides is 2. The van der Waals surface area contributed by atoms with E-state index in [9.17, 15) is 9.59 Å². The van der Waals surface area contributed by atoms with E-state index < -0.39 is 0 Å². The van der Waals surface area contributed by atoms with E-state index in [1.54, 1.807) is 12.1 Å². The molecule has 5 nitrogen and oxygen atoms in total. The van der Waals surface area contributed by atoms with Crippen molar-refractivity contribution in [3.8, 4) is 0 Å². The minimum Gasteiger partial charge on any atom is -0.337 e. The summed E-state index contributed by atoms with van der Waals surface area (Å²) in [5, 5.41) is 2.90. The van der Waals surface area contributed by atoms with Gasteiger partial charge in [0.2, 0.25) is 0 Å². The lowest BCUT2D eigenvalue weighted by Gasteiger charge is -2.30. The zero-order valence-corrected chi connectivity index (χ0v) is 15.6. The molecule has 5 heteroatoms. The van der Waals surface area contributed by atoms with E-state index in [0.717, 1.165) is 42.7 Å². The summed E-state index contributed by atoms with van der Waals surface area (Å²) in [6.07, 6.45) is 3.55. The number of rotatable bonds is 3. The lowest BCUT2D eigenvalue weighted by Crippen LogP contribution is -2.38. The van der Waals surface area contributed by atoms with Gasteiger partial charge in [-0.1, -0.05) is 13.0 Å². The largest absolute Gasteiger partial charge is 0.337 e. The average molecular weight is 351 g/mol. The van der Waals surface area contributed by atoms with E-state index >= 15 is 0 Å². The van der Waals surface area contributed by atoms with E-state index in [2.05, 4.69) is 23.3 Å².